The molecule has 3 aromatic heterocycles. The Labute approximate surface area is 309 Å². The van der Waals surface area contributed by atoms with E-state index in [1.807, 2.05) is 71.4 Å². The van der Waals surface area contributed by atoms with Crippen LogP contribution in [0.2, 0.25) is 0 Å². The van der Waals surface area contributed by atoms with Crippen LogP contribution >= 0.6 is 0 Å². The second-order valence-electron chi connectivity index (χ2n) is 14.1. The fourth-order valence-electron chi connectivity index (χ4n) is 6.84. The zero-order chi connectivity index (χ0) is 38.0. The van der Waals surface area contributed by atoms with Crippen molar-refractivity contribution in [2.45, 2.75) is 82.0 Å². The Hall–Kier alpha value is -5.51. The van der Waals surface area contributed by atoms with Crippen molar-refractivity contribution in [2.75, 3.05) is 23.7 Å². The summed E-state index contributed by atoms with van der Waals surface area (Å²) in [5, 5.41) is 20.7. The number of hydrogen-bond donors (Lipinski definition) is 4. The number of hydrogen-bond acceptors (Lipinski definition) is 10. The molecule has 0 unspecified atom stereocenters. The molecular formula is C38H42F3N9O4. The Bertz CT molecular complexity index is 2030. The normalized spacial score (nSPS) is 20.1. The highest BCUT2D eigenvalue weighted by atomic mass is 19.4. The lowest BCUT2D eigenvalue weighted by Crippen LogP contribution is -2.45. The number of imidazole rings is 2. The summed E-state index contributed by atoms with van der Waals surface area (Å²) in [7, 11) is 0. The molecule has 2 aliphatic rings. The number of nitrogens with zero attached hydrogens (tertiary/aromatic N) is 6. The molecule has 0 aliphatic heterocycles. The first kappa shape index (κ1) is 36.8. The fraction of sp³-hybridized carbons (Fsp3) is 0.421. The van der Waals surface area contributed by atoms with Crippen molar-refractivity contribution in [3.05, 3.63) is 96.3 Å². The molecule has 284 valence electrons. The van der Waals surface area contributed by atoms with Crippen molar-refractivity contribution in [2.24, 2.45) is 5.92 Å². The van der Waals surface area contributed by atoms with Gasteiger partial charge in [0.05, 0.1) is 30.4 Å². The molecule has 0 bridgehead atoms. The predicted molar refractivity (Wildman–Crippen MR) is 194 cm³/mol. The summed E-state index contributed by atoms with van der Waals surface area (Å²) < 4.78 is 48.8. The number of benzene rings is 2. The van der Waals surface area contributed by atoms with E-state index in [2.05, 4.69) is 39.8 Å². The van der Waals surface area contributed by atoms with Gasteiger partial charge in [-0.25, -0.2) is 14.8 Å². The number of esters is 1. The van der Waals surface area contributed by atoms with Gasteiger partial charge in [0.1, 0.15) is 6.10 Å². The maximum Gasteiger partial charge on any atom is 0.490 e. The quantitative estimate of drug-likeness (QED) is 0.112. The largest absolute Gasteiger partial charge is 0.490 e. The number of aliphatic hydroxyl groups excluding tert-OH is 1. The maximum atomic E-state index is 13.5. The molecule has 7 rings (SSSR count). The maximum absolute atomic E-state index is 13.5. The van der Waals surface area contributed by atoms with Crippen LogP contribution in [-0.2, 0) is 20.7 Å². The van der Waals surface area contributed by atoms with Crippen LogP contribution in [0, 0.1) is 5.92 Å². The number of aromatic nitrogens is 6. The van der Waals surface area contributed by atoms with Crippen LogP contribution < -0.4 is 16.0 Å². The number of alkyl halides is 3. The zero-order valence-corrected chi connectivity index (χ0v) is 29.8. The summed E-state index contributed by atoms with van der Waals surface area (Å²) in [6, 6.07) is 18.2. The third-order valence-corrected chi connectivity index (χ3v) is 9.95. The van der Waals surface area contributed by atoms with Gasteiger partial charge in [-0.05, 0) is 44.2 Å². The minimum Gasteiger partial charge on any atom is -0.451 e. The van der Waals surface area contributed by atoms with Crippen molar-refractivity contribution >= 4 is 34.8 Å². The van der Waals surface area contributed by atoms with Crippen molar-refractivity contribution in [3.63, 3.8) is 0 Å². The van der Waals surface area contributed by atoms with Crippen molar-refractivity contribution in [1.82, 2.24) is 34.4 Å². The number of anilines is 2. The third-order valence-electron chi connectivity index (χ3n) is 9.95. The van der Waals surface area contributed by atoms with Gasteiger partial charge in [0.15, 0.2) is 23.1 Å². The molecule has 2 saturated carbocycles. The fourth-order valence-corrected chi connectivity index (χ4v) is 6.84. The summed E-state index contributed by atoms with van der Waals surface area (Å²) in [6.07, 6.45) is -1.57. The molecule has 0 spiro atoms. The van der Waals surface area contributed by atoms with Crippen LogP contribution in [0.3, 0.4) is 0 Å². The molecule has 2 fully saturated rings. The number of halogens is 3. The van der Waals surface area contributed by atoms with Gasteiger partial charge in [0.25, 0.3) is 0 Å². The van der Waals surface area contributed by atoms with E-state index >= 15 is 0 Å². The van der Waals surface area contributed by atoms with Crippen LogP contribution in [0.15, 0.2) is 79.5 Å². The number of nitrogens with one attached hydrogen (secondary N) is 3. The van der Waals surface area contributed by atoms with E-state index in [0.29, 0.717) is 43.7 Å². The first-order valence-electron chi connectivity index (χ1n) is 18.1. The van der Waals surface area contributed by atoms with E-state index in [9.17, 15) is 27.9 Å². The molecule has 5 aromatic rings. The number of fused-ring (bicyclic) bond motifs is 1. The SMILES string of the molecule is CC(C)n1cnc(CCNc2nc(NCC(c3ccccc3)c3ccccc3)c3ncn([C@@H]4C[C@H](NC(=O)C5CC5)[C@@H](O)[C@H]4OC(=O)C(F)(F)F)c3n2)c1. The topological polar surface area (TPSA) is 161 Å². The molecule has 4 atom stereocenters. The van der Waals surface area contributed by atoms with E-state index in [1.165, 1.54) is 10.9 Å². The van der Waals surface area contributed by atoms with Crippen LogP contribution in [-0.4, -0.2) is 83.6 Å². The lowest BCUT2D eigenvalue weighted by Gasteiger charge is -2.24. The Morgan fingerprint density at radius 1 is 0.963 bits per heavy atom. The van der Waals surface area contributed by atoms with E-state index in [-0.39, 0.29) is 41.8 Å². The number of aliphatic hydroxyl groups is 1. The summed E-state index contributed by atoms with van der Waals surface area (Å²) >= 11 is 0. The summed E-state index contributed by atoms with van der Waals surface area (Å²) in [5.41, 5.74) is 3.55. The molecule has 54 heavy (non-hydrogen) atoms. The van der Waals surface area contributed by atoms with Crippen LogP contribution in [0.4, 0.5) is 24.9 Å². The van der Waals surface area contributed by atoms with Gasteiger partial charge in [-0.2, -0.15) is 23.1 Å². The molecule has 2 aromatic carbocycles. The lowest BCUT2D eigenvalue weighted by molar-refractivity contribution is -0.209. The Balaban J connectivity index is 1.23. The average Bonchev–Trinajstić information content (AvgIpc) is 3.64. The lowest BCUT2D eigenvalue weighted by atomic mass is 9.91. The van der Waals surface area contributed by atoms with Gasteiger partial charge in [-0.3, -0.25) is 4.79 Å². The van der Waals surface area contributed by atoms with E-state index in [4.69, 9.17) is 14.7 Å². The van der Waals surface area contributed by atoms with E-state index in [0.717, 1.165) is 16.8 Å². The minimum absolute atomic E-state index is 0.0426. The third kappa shape index (κ3) is 8.17. The Morgan fingerprint density at radius 2 is 1.65 bits per heavy atom. The van der Waals surface area contributed by atoms with Crippen molar-refractivity contribution in [3.8, 4) is 0 Å². The number of rotatable bonds is 14. The molecule has 16 heteroatoms. The number of amides is 1. The minimum atomic E-state index is -5.30. The first-order valence-corrected chi connectivity index (χ1v) is 18.1. The molecule has 3 heterocycles. The number of carbonyl (C=O) groups is 2. The van der Waals surface area contributed by atoms with E-state index < -0.39 is 36.4 Å². The number of carbonyl (C=O) groups excluding carboxylic acids is 2. The smallest absolute Gasteiger partial charge is 0.451 e. The van der Waals surface area contributed by atoms with Gasteiger partial charge in [0, 0.05) is 43.6 Å². The molecule has 0 radical (unpaired) electrons. The average molecular weight is 746 g/mol. The van der Waals surface area contributed by atoms with Crippen molar-refractivity contribution in [1.29, 1.82) is 0 Å². The van der Waals surface area contributed by atoms with Gasteiger partial charge in [0.2, 0.25) is 11.9 Å². The van der Waals surface area contributed by atoms with Gasteiger partial charge >= 0.3 is 12.1 Å². The monoisotopic (exact) mass is 745 g/mol. The highest BCUT2D eigenvalue weighted by Gasteiger charge is 2.51. The summed E-state index contributed by atoms with van der Waals surface area (Å²) in [6.45, 7) is 4.94. The van der Waals surface area contributed by atoms with E-state index in [1.54, 1.807) is 6.33 Å². The second-order valence-corrected chi connectivity index (χ2v) is 14.1. The van der Waals surface area contributed by atoms with Crippen LogP contribution in [0.25, 0.3) is 11.2 Å². The van der Waals surface area contributed by atoms with Gasteiger partial charge in [-0.1, -0.05) is 60.7 Å². The Kier molecular flexibility index (Phi) is 10.5. The highest BCUT2D eigenvalue weighted by molar-refractivity contribution is 5.85. The number of ether oxygens (including phenoxy) is 1. The van der Waals surface area contributed by atoms with Gasteiger partial charge in [-0.15, -0.1) is 0 Å². The Morgan fingerprint density at radius 3 is 2.26 bits per heavy atom. The molecule has 13 nitrogen and oxygen atoms in total. The standard InChI is InChI=1S/C38H42F3N9O4/c1-22(2)49-19-26(44-20-49)15-16-42-37-47-33(43-18-27(23-9-5-3-6-10-23)24-11-7-4-8-12-24)30-34(48-37)50(21-45-30)29-17-28(46-35(52)25-13-14-25)31(51)32(29)54-36(53)38(39,40)41/h3-12,19-22,25,27-29,31-32,51H,13-18H2,1-2H3,(H,46,52)(H2,42,43,47,48)/t28-,29+,31+,32-/m0/s1. The van der Waals surface area contributed by atoms with Crippen molar-refractivity contribution < 1.29 is 32.6 Å². The predicted octanol–water partition coefficient (Wildman–Crippen LogP) is 5.18. The molecule has 2 aliphatic carbocycles. The summed E-state index contributed by atoms with van der Waals surface area (Å²) in [4.78, 5) is 43.4. The molecular weight excluding hydrogens is 703 g/mol. The van der Waals surface area contributed by atoms with Crippen LogP contribution in [0.5, 0.6) is 0 Å². The molecule has 0 saturated heterocycles. The summed E-state index contributed by atoms with van der Waals surface area (Å²) in [5.74, 6) is -2.47. The zero-order valence-electron chi connectivity index (χ0n) is 29.8. The van der Waals surface area contributed by atoms with Crippen LogP contribution in [0.1, 0.15) is 67.9 Å². The second kappa shape index (κ2) is 15.5. The van der Waals surface area contributed by atoms with Gasteiger partial charge < -0.3 is 34.9 Å². The highest BCUT2D eigenvalue weighted by Crippen LogP contribution is 2.39. The molecule has 4 N–H and O–H groups in total. The molecule has 1 amide bonds. The first-order chi connectivity index (χ1) is 26.0.